The van der Waals surface area contributed by atoms with Crippen molar-refractivity contribution in [3.63, 3.8) is 0 Å². The van der Waals surface area contributed by atoms with Gasteiger partial charge in [0, 0.05) is 26.2 Å². The number of ether oxygens (including phenoxy) is 2. The number of nitrogens with two attached hydrogens (primary N) is 1. The van der Waals surface area contributed by atoms with Crippen LogP contribution in [0.2, 0.25) is 0 Å². The van der Waals surface area contributed by atoms with Crippen LogP contribution < -0.4 is 20.7 Å². The zero-order chi connectivity index (χ0) is 23.3. The van der Waals surface area contributed by atoms with Crippen LogP contribution in [0.25, 0.3) is 0 Å². The average molecular weight is 461 g/mol. The van der Waals surface area contributed by atoms with Crippen molar-refractivity contribution < 1.29 is 23.9 Å². The Morgan fingerprint density at radius 1 is 1.16 bits per heavy atom. The normalized spacial score (nSPS) is 14.2. The number of esters is 1. The number of anilines is 2. The van der Waals surface area contributed by atoms with E-state index in [-0.39, 0.29) is 27.9 Å². The lowest BCUT2D eigenvalue weighted by molar-refractivity contribution is -0.117. The molecular weight excluding hydrogens is 432 g/mol. The maximum atomic E-state index is 12.7. The molecule has 2 heterocycles. The second kappa shape index (κ2) is 10.5. The molecule has 0 saturated carbocycles. The van der Waals surface area contributed by atoms with E-state index >= 15 is 0 Å². The second-order valence-electron chi connectivity index (χ2n) is 7.33. The van der Waals surface area contributed by atoms with Crippen molar-refractivity contribution in [2.24, 2.45) is 5.73 Å². The number of thiophene rings is 1. The van der Waals surface area contributed by atoms with E-state index in [1.54, 1.807) is 6.92 Å². The predicted octanol–water partition coefficient (Wildman–Crippen LogP) is 2.10. The Morgan fingerprint density at radius 2 is 1.84 bits per heavy atom. The zero-order valence-electron chi connectivity index (χ0n) is 18.5. The number of carbonyl (C=O) groups excluding carboxylic acids is 3. The molecule has 1 saturated heterocycles. The number of hydrogen-bond acceptors (Lipinski definition) is 8. The van der Waals surface area contributed by atoms with Gasteiger partial charge in [-0.3, -0.25) is 14.5 Å². The van der Waals surface area contributed by atoms with Gasteiger partial charge in [-0.2, -0.15) is 0 Å². The quantitative estimate of drug-likeness (QED) is 0.580. The van der Waals surface area contributed by atoms with E-state index in [9.17, 15) is 14.4 Å². The molecule has 9 nitrogen and oxygen atoms in total. The van der Waals surface area contributed by atoms with Gasteiger partial charge in [0.15, 0.2) is 0 Å². The van der Waals surface area contributed by atoms with Crippen LogP contribution in [0, 0.1) is 6.92 Å². The standard InChI is InChI=1S/C22H28N4O5S/c1-4-31-16-8-6-5-7-15(16)26-11-9-25(10-12-26)13-17(27)24-21-18(22(29)30-3)14(2)19(32-21)20(23)28/h5-8H,4,9-13H2,1-3H3,(H2,23,28)(H,24,27). The number of hydrogen-bond donors (Lipinski definition) is 2. The zero-order valence-corrected chi connectivity index (χ0v) is 19.3. The van der Waals surface area contributed by atoms with Crippen LogP contribution in [0.1, 0.15) is 32.5 Å². The number of rotatable bonds is 8. The highest BCUT2D eigenvalue weighted by molar-refractivity contribution is 7.18. The predicted molar refractivity (Wildman–Crippen MR) is 124 cm³/mol. The summed E-state index contributed by atoms with van der Waals surface area (Å²) in [6, 6.07) is 7.94. The third-order valence-electron chi connectivity index (χ3n) is 5.26. The highest BCUT2D eigenvalue weighted by Crippen LogP contribution is 2.33. The molecule has 0 radical (unpaired) electrons. The van der Waals surface area contributed by atoms with E-state index in [4.69, 9.17) is 15.2 Å². The van der Waals surface area contributed by atoms with E-state index in [1.807, 2.05) is 36.1 Å². The van der Waals surface area contributed by atoms with Crippen LogP contribution in [-0.2, 0) is 9.53 Å². The van der Waals surface area contributed by atoms with Crippen LogP contribution in [0.4, 0.5) is 10.7 Å². The molecule has 1 aliphatic rings. The maximum Gasteiger partial charge on any atom is 0.341 e. The Morgan fingerprint density at radius 3 is 2.47 bits per heavy atom. The highest BCUT2D eigenvalue weighted by Gasteiger charge is 2.26. The van der Waals surface area contributed by atoms with Gasteiger partial charge in [0.25, 0.3) is 5.91 Å². The van der Waals surface area contributed by atoms with E-state index < -0.39 is 11.9 Å². The van der Waals surface area contributed by atoms with Crippen LogP contribution in [0.15, 0.2) is 24.3 Å². The van der Waals surface area contributed by atoms with E-state index in [2.05, 4.69) is 10.2 Å². The van der Waals surface area contributed by atoms with Crippen molar-refractivity contribution in [3.8, 4) is 5.75 Å². The summed E-state index contributed by atoms with van der Waals surface area (Å²) in [7, 11) is 1.25. The molecule has 10 heteroatoms. The number of methoxy groups -OCH3 is 1. The number of carbonyl (C=O) groups is 3. The molecule has 172 valence electrons. The van der Waals surface area contributed by atoms with Gasteiger partial charge in [-0.15, -0.1) is 11.3 Å². The second-order valence-corrected chi connectivity index (χ2v) is 8.35. The molecule has 2 amide bonds. The summed E-state index contributed by atoms with van der Waals surface area (Å²) in [5.41, 5.74) is 7.02. The molecule has 1 aromatic carbocycles. The van der Waals surface area contributed by atoms with Gasteiger partial charge in [0.1, 0.15) is 10.8 Å². The largest absolute Gasteiger partial charge is 0.492 e. The molecule has 1 aromatic heterocycles. The van der Waals surface area contributed by atoms with Crippen molar-refractivity contribution in [1.82, 2.24) is 4.90 Å². The molecule has 0 aliphatic carbocycles. The molecule has 0 atom stereocenters. The van der Waals surface area contributed by atoms with Crippen LogP contribution in [-0.4, -0.2) is 69.1 Å². The topological polar surface area (TPSA) is 114 Å². The number of nitrogens with one attached hydrogen (secondary N) is 1. The van der Waals surface area contributed by atoms with Gasteiger partial charge < -0.3 is 25.4 Å². The molecule has 3 N–H and O–H groups in total. The Labute approximate surface area is 191 Å². The van der Waals surface area contributed by atoms with E-state index in [0.717, 1.165) is 35.9 Å². The third kappa shape index (κ3) is 5.20. The van der Waals surface area contributed by atoms with Crippen molar-refractivity contribution in [2.75, 3.05) is 56.7 Å². The Kier molecular flexibility index (Phi) is 7.70. The Hall–Kier alpha value is -3.11. The average Bonchev–Trinajstić information content (AvgIpc) is 3.10. The monoisotopic (exact) mass is 460 g/mol. The first kappa shape index (κ1) is 23.6. The lowest BCUT2D eigenvalue weighted by Gasteiger charge is -2.36. The van der Waals surface area contributed by atoms with Crippen molar-refractivity contribution in [3.05, 3.63) is 40.3 Å². The van der Waals surface area contributed by atoms with Gasteiger partial charge in [-0.25, -0.2) is 4.79 Å². The molecule has 3 rings (SSSR count). The lowest BCUT2D eigenvalue weighted by Crippen LogP contribution is -2.48. The minimum Gasteiger partial charge on any atom is -0.492 e. The lowest BCUT2D eigenvalue weighted by atomic mass is 10.1. The summed E-state index contributed by atoms with van der Waals surface area (Å²) >= 11 is 0.984. The van der Waals surface area contributed by atoms with Crippen LogP contribution >= 0.6 is 11.3 Å². The van der Waals surface area contributed by atoms with Gasteiger partial charge in [-0.05, 0) is 31.5 Å². The first-order chi connectivity index (χ1) is 15.3. The number of piperazine rings is 1. The van der Waals surface area contributed by atoms with Crippen molar-refractivity contribution >= 4 is 39.8 Å². The highest BCUT2D eigenvalue weighted by atomic mass is 32.1. The number of primary amides is 1. The summed E-state index contributed by atoms with van der Waals surface area (Å²) in [4.78, 5) is 41.0. The number of nitrogens with zero attached hydrogens (tertiary/aromatic N) is 2. The minimum atomic E-state index is -0.651. The Bertz CT molecular complexity index is 998. The summed E-state index contributed by atoms with van der Waals surface area (Å²) in [6.07, 6.45) is 0. The molecule has 32 heavy (non-hydrogen) atoms. The molecule has 0 bridgehead atoms. The Balaban J connectivity index is 1.62. The molecule has 1 fully saturated rings. The van der Waals surface area contributed by atoms with Gasteiger partial charge in [0.2, 0.25) is 5.91 Å². The van der Waals surface area contributed by atoms with Crippen LogP contribution in [0.5, 0.6) is 5.75 Å². The first-order valence-electron chi connectivity index (χ1n) is 10.4. The molecule has 0 spiro atoms. The maximum absolute atomic E-state index is 12.7. The van der Waals surface area contributed by atoms with Crippen molar-refractivity contribution in [2.45, 2.75) is 13.8 Å². The molecular formula is C22H28N4O5S. The van der Waals surface area contributed by atoms with Gasteiger partial charge in [0.05, 0.1) is 36.4 Å². The van der Waals surface area contributed by atoms with E-state index in [1.165, 1.54) is 7.11 Å². The fourth-order valence-electron chi connectivity index (χ4n) is 3.70. The summed E-state index contributed by atoms with van der Waals surface area (Å²) in [5, 5.41) is 3.03. The summed E-state index contributed by atoms with van der Waals surface area (Å²) in [5.74, 6) is -0.685. The first-order valence-corrected chi connectivity index (χ1v) is 11.2. The van der Waals surface area contributed by atoms with Crippen molar-refractivity contribution in [1.29, 1.82) is 0 Å². The summed E-state index contributed by atoms with van der Waals surface area (Å²) < 4.78 is 10.5. The SMILES string of the molecule is CCOc1ccccc1N1CCN(CC(=O)Nc2sc(C(N)=O)c(C)c2C(=O)OC)CC1. The van der Waals surface area contributed by atoms with Crippen LogP contribution in [0.3, 0.4) is 0 Å². The fraction of sp³-hybridized carbons (Fsp3) is 0.409. The number of benzene rings is 1. The molecule has 2 aromatic rings. The molecule has 0 unspecified atom stereocenters. The third-order valence-corrected chi connectivity index (χ3v) is 6.48. The van der Waals surface area contributed by atoms with E-state index in [0.29, 0.717) is 25.3 Å². The molecule has 1 aliphatic heterocycles. The number of amides is 2. The fourth-order valence-corrected chi connectivity index (χ4v) is 4.76. The summed E-state index contributed by atoms with van der Waals surface area (Å²) in [6.45, 7) is 7.26. The van der Waals surface area contributed by atoms with Gasteiger partial charge in [-0.1, -0.05) is 12.1 Å². The smallest absolute Gasteiger partial charge is 0.341 e. The number of para-hydroxylation sites is 2. The minimum absolute atomic E-state index is 0.164. The van der Waals surface area contributed by atoms with Gasteiger partial charge >= 0.3 is 5.97 Å².